The molecule has 0 heterocycles. The van der Waals surface area contributed by atoms with Crippen LogP contribution in [-0.4, -0.2) is 0 Å². The minimum Gasteiger partial charge on any atom is -0.459 e. The zero-order valence-electron chi connectivity index (χ0n) is 18.9. The van der Waals surface area contributed by atoms with Crippen molar-refractivity contribution in [2.24, 2.45) is 5.92 Å². The summed E-state index contributed by atoms with van der Waals surface area (Å²) in [5.74, 6) is -2.65. The Morgan fingerprint density at radius 1 is 0.941 bits per heavy atom. The molecule has 0 aromatic heterocycles. The highest BCUT2D eigenvalue weighted by Crippen LogP contribution is 2.41. The Balaban J connectivity index is 1.67. The Labute approximate surface area is 195 Å². The number of halogens is 6. The van der Waals surface area contributed by atoms with Gasteiger partial charge in [-0.3, -0.25) is 0 Å². The van der Waals surface area contributed by atoms with E-state index in [1.165, 1.54) is 12.8 Å². The maximum absolute atomic E-state index is 14.7. The molecular formula is C26H28F6O2. The normalized spacial score (nSPS) is 18.4. The number of ether oxygens (including phenoxy) is 2. The van der Waals surface area contributed by atoms with Gasteiger partial charge < -0.3 is 9.47 Å². The van der Waals surface area contributed by atoms with Gasteiger partial charge in [0.2, 0.25) is 0 Å². The fraction of sp³-hybridized carbons (Fsp3) is 0.462. The maximum atomic E-state index is 14.7. The summed E-state index contributed by atoms with van der Waals surface area (Å²) in [6.07, 6.45) is 2.02. The van der Waals surface area contributed by atoms with Gasteiger partial charge in [-0.1, -0.05) is 32.6 Å². The second-order valence-electron chi connectivity index (χ2n) is 8.69. The highest BCUT2D eigenvalue weighted by Gasteiger charge is 2.41. The molecule has 1 aliphatic carbocycles. The summed E-state index contributed by atoms with van der Waals surface area (Å²) in [6, 6.07) is 6.23. The Morgan fingerprint density at radius 3 is 2.09 bits per heavy atom. The van der Waals surface area contributed by atoms with Gasteiger partial charge in [0.1, 0.15) is 28.7 Å². The highest BCUT2D eigenvalue weighted by molar-refractivity contribution is 5.34. The minimum atomic E-state index is -4.28. The molecule has 0 N–H and O–H groups in total. The van der Waals surface area contributed by atoms with E-state index in [0.717, 1.165) is 74.9 Å². The quantitative estimate of drug-likeness (QED) is 0.189. The lowest BCUT2D eigenvalue weighted by Gasteiger charge is -2.29. The van der Waals surface area contributed by atoms with E-state index in [9.17, 15) is 26.3 Å². The Morgan fingerprint density at radius 2 is 1.53 bits per heavy atom. The second kappa shape index (κ2) is 11.7. The van der Waals surface area contributed by atoms with E-state index in [1.54, 1.807) is 0 Å². The zero-order chi connectivity index (χ0) is 24.7. The van der Waals surface area contributed by atoms with Gasteiger partial charge in [-0.05, 0) is 79.5 Å². The third-order valence-electron chi connectivity index (χ3n) is 6.24. The molecule has 2 aromatic rings. The molecule has 0 spiro atoms. The highest BCUT2D eigenvalue weighted by atomic mass is 19.3. The van der Waals surface area contributed by atoms with Crippen LogP contribution in [0.2, 0.25) is 0 Å². The van der Waals surface area contributed by atoms with E-state index in [4.69, 9.17) is 0 Å². The van der Waals surface area contributed by atoms with Crippen molar-refractivity contribution < 1.29 is 35.8 Å². The first-order valence-corrected chi connectivity index (χ1v) is 11.5. The van der Waals surface area contributed by atoms with Crippen molar-refractivity contribution in [1.82, 2.24) is 0 Å². The van der Waals surface area contributed by atoms with Gasteiger partial charge >= 0.3 is 12.2 Å². The van der Waals surface area contributed by atoms with Crippen LogP contribution in [0.1, 0.15) is 75.3 Å². The van der Waals surface area contributed by atoms with Crippen LogP contribution < -0.4 is 9.47 Å². The first kappa shape index (κ1) is 26.0. The fourth-order valence-corrected chi connectivity index (χ4v) is 4.47. The zero-order valence-corrected chi connectivity index (χ0v) is 18.9. The molecule has 2 aromatic carbocycles. The molecule has 8 heteroatoms. The topological polar surface area (TPSA) is 18.5 Å². The Kier molecular flexibility index (Phi) is 8.91. The fourth-order valence-electron chi connectivity index (χ4n) is 4.47. The predicted molar refractivity (Wildman–Crippen MR) is 117 cm³/mol. The van der Waals surface area contributed by atoms with Crippen molar-refractivity contribution in [2.45, 2.75) is 70.3 Å². The lowest BCUT2D eigenvalue weighted by Crippen LogP contribution is -2.25. The van der Waals surface area contributed by atoms with Crippen LogP contribution in [0.15, 0.2) is 48.7 Å². The van der Waals surface area contributed by atoms with Gasteiger partial charge in [-0.15, -0.1) is 0 Å². The summed E-state index contributed by atoms with van der Waals surface area (Å²) in [4.78, 5) is 0. The molecule has 186 valence electrons. The third kappa shape index (κ3) is 6.93. The number of unbranched alkanes of at least 4 members (excludes halogenated alkanes) is 2. The summed E-state index contributed by atoms with van der Waals surface area (Å²) in [6.45, 7) is 2.15. The molecule has 0 radical (unpaired) electrons. The van der Waals surface area contributed by atoms with Gasteiger partial charge in [-0.2, -0.15) is 17.6 Å². The predicted octanol–water partition coefficient (Wildman–Crippen LogP) is 9.06. The lowest BCUT2D eigenvalue weighted by atomic mass is 9.77. The third-order valence-corrected chi connectivity index (χ3v) is 6.24. The molecule has 0 unspecified atom stereocenters. The molecule has 1 saturated carbocycles. The van der Waals surface area contributed by atoms with Crippen LogP contribution in [0.3, 0.4) is 0 Å². The molecule has 0 bridgehead atoms. The average molecular weight is 486 g/mol. The number of hydrogen-bond donors (Lipinski definition) is 0. The molecule has 1 aliphatic rings. The van der Waals surface area contributed by atoms with Crippen molar-refractivity contribution >= 4 is 0 Å². The standard InChI is InChI=1S/C26H28F6O2/c1-2-3-4-5-17-6-8-18(9-7-17)19-14-22(27)25(23(28)15-19)26(31,32)34-21-12-10-20(11-13-21)33-16-24(29)30/h10-18H,2-9H2,1H3. The van der Waals surface area contributed by atoms with Gasteiger partial charge in [0, 0.05) is 0 Å². The van der Waals surface area contributed by atoms with Crippen LogP contribution in [0, 0.1) is 17.6 Å². The minimum absolute atomic E-state index is 0.0507. The first-order chi connectivity index (χ1) is 16.2. The van der Waals surface area contributed by atoms with E-state index in [2.05, 4.69) is 16.4 Å². The lowest BCUT2D eigenvalue weighted by molar-refractivity contribution is -0.189. The van der Waals surface area contributed by atoms with Crippen LogP contribution in [0.4, 0.5) is 26.3 Å². The number of rotatable bonds is 10. The van der Waals surface area contributed by atoms with Crippen molar-refractivity contribution in [1.29, 1.82) is 0 Å². The Bertz CT molecular complexity index is 939. The molecular weight excluding hydrogens is 458 g/mol. The summed E-state index contributed by atoms with van der Waals surface area (Å²) < 4.78 is 91.9. The molecule has 34 heavy (non-hydrogen) atoms. The van der Waals surface area contributed by atoms with Crippen molar-refractivity contribution in [3.63, 3.8) is 0 Å². The molecule has 0 atom stereocenters. The van der Waals surface area contributed by atoms with Crippen LogP contribution in [-0.2, 0) is 6.11 Å². The SMILES string of the molecule is CCCCCC1CCC(c2cc(F)c(C(F)(F)Oc3ccc(OC=C(F)F)cc3)c(F)c2)CC1. The molecule has 2 nitrogen and oxygen atoms in total. The Hall–Kier alpha value is -2.64. The largest absolute Gasteiger partial charge is 0.459 e. The molecule has 0 amide bonds. The van der Waals surface area contributed by atoms with E-state index in [-0.39, 0.29) is 17.9 Å². The van der Waals surface area contributed by atoms with Gasteiger partial charge in [0.05, 0.1) is 0 Å². The van der Waals surface area contributed by atoms with Crippen molar-refractivity contribution in [3.8, 4) is 11.5 Å². The van der Waals surface area contributed by atoms with Crippen molar-refractivity contribution in [3.05, 3.63) is 71.5 Å². The van der Waals surface area contributed by atoms with E-state index < -0.39 is 35.1 Å². The number of benzene rings is 2. The monoisotopic (exact) mass is 486 g/mol. The molecule has 1 fully saturated rings. The van der Waals surface area contributed by atoms with Gasteiger partial charge in [-0.25, -0.2) is 8.78 Å². The van der Waals surface area contributed by atoms with E-state index >= 15 is 0 Å². The van der Waals surface area contributed by atoms with E-state index in [1.807, 2.05) is 0 Å². The first-order valence-electron chi connectivity index (χ1n) is 11.5. The molecule has 3 rings (SSSR count). The van der Waals surface area contributed by atoms with Crippen molar-refractivity contribution in [2.75, 3.05) is 0 Å². The van der Waals surface area contributed by atoms with Crippen LogP contribution in [0.5, 0.6) is 11.5 Å². The van der Waals surface area contributed by atoms with E-state index in [0.29, 0.717) is 11.5 Å². The number of hydrogen-bond acceptors (Lipinski definition) is 2. The smallest absolute Gasteiger partial charge is 0.432 e. The van der Waals surface area contributed by atoms with Gasteiger partial charge in [0.25, 0.3) is 0 Å². The number of alkyl halides is 2. The summed E-state index contributed by atoms with van der Waals surface area (Å²) in [5.41, 5.74) is -1.08. The molecule has 0 saturated heterocycles. The van der Waals surface area contributed by atoms with Gasteiger partial charge in [0.15, 0.2) is 6.26 Å². The maximum Gasteiger partial charge on any atom is 0.432 e. The molecule has 0 aliphatic heterocycles. The summed E-state index contributed by atoms with van der Waals surface area (Å²) in [7, 11) is 0. The average Bonchev–Trinajstić information content (AvgIpc) is 2.78. The second-order valence-corrected chi connectivity index (χ2v) is 8.69. The summed E-state index contributed by atoms with van der Waals surface area (Å²) in [5, 5.41) is 0. The van der Waals surface area contributed by atoms with Crippen LogP contribution >= 0.6 is 0 Å². The summed E-state index contributed by atoms with van der Waals surface area (Å²) >= 11 is 0. The van der Waals surface area contributed by atoms with Crippen LogP contribution in [0.25, 0.3) is 0 Å².